The highest BCUT2D eigenvalue weighted by atomic mass is 16.5. The van der Waals surface area contributed by atoms with Crippen molar-refractivity contribution in [3.63, 3.8) is 0 Å². The lowest BCUT2D eigenvalue weighted by molar-refractivity contribution is -0.130. The van der Waals surface area contributed by atoms with Crippen LogP contribution in [0.25, 0.3) is 5.69 Å². The SMILES string of the molecule is Cc1nc(C(=O)Nc2ccc(OCC(=O)N(C)C)cc2)nn1-c1ccccc1C(C)C. The first-order valence-electron chi connectivity index (χ1n) is 10.0. The summed E-state index contributed by atoms with van der Waals surface area (Å²) in [4.78, 5) is 30.1. The molecule has 1 N–H and O–H groups in total. The standard InChI is InChI=1S/C23H27N5O3/c1-15(2)19-8-6-7-9-20(19)28-16(3)24-22(26-28)23(30)25-17-10-12-18(13-11-17)31-14-21(29)27(4)5/h6-13,15H,14H2,1-5H3,(H,25,30). The van der Waals surface area contributed by atoms with Crippen LogP contribution in [0.4, 0.5) is 5.69 Å². The fourth-order valence-corrected chi connectivity index (χ4v) is 2.98. The van der Waals surface area contributed by atoms with Crippen molar-refractivity contribution in [1.82, 2.24) is 19.7 Å². The molecule has 0 aliphatic heterocycles. The van der Waals surface area contributed by atoms with Crippen molar-refractivity contribution in [2.24, 2.45) is 0 Å². The van der Waals surface area contributed by atoms with Crippen LogP contribution >= 0.6 is 0 Å². The lowest BCUT2D eigenvalue weighted by atomic mass is 10.0. The average molecular weight is 422 g/mol. The summed E-state index contributed by atoms with van der Waals surface area (Å²) in [5, 5.41) is 7.22. The molecule has 2 amide bonds. The number of amides is 2. The zero-order valence-corrected chi connectivity index (χ0v) is 18.4. The minimum absolute atomic E-state index is 0.0445. The van der Waals surface area contributed by atoms with Gasteiger partial charge in [-0.3, -0.25) is 9.59 Å². The Hall–Kier alpha value is -3.68. The number of carbonyl (C=O) groups is 2. The summed E-state index contributed by atoms with van der Waals surface area (Å²) in [6, 6.07) is 14.7. The molecule has 0 saturated carbocycles. The van der Waals surface area contributed by atoms with Gasteiger partial charge in [0, 0.05) is 19.8 Å². The summed E-state index contributed by atoms with van der Waals surface area (Å²) in [6.45, 7) is 6.00. The minimum Gasteiger partial charge on any atom is -0.484 e. The van der Waals surface area contributed by atoms with Crippen LogP contribution < -0.4 is 10.1 Å². The van der Waals surface area contributed by atoms with E-state index in [1.165, 1.54) is 4.90 Å². The quantitative estimate of drug-likeness (QED) is 0.631. The van der Waals surface area contributed by atoms with Crippen molar-refractivity contribution in [2.75, 3.05) is 26.0 Å². The number of anilines is 1. The van der Waals surface area contributed by atoms with Crippen molar-refractivity contribution in [2.45, 2.75) is 26.7 Å². The molecule has 8 heteroatoms. The third-order valence-corrected chi connectivity index (χ3v) is 4.73. The van der Waals surface area contributed by atoms with Crippen LogP contribution in [-0.2, 0) is 4.79 Å². The van der Waals surface area contributed by atoms with E-state index in [1.807, 2.05) is 25.1 Å². The van der Waals surface area contributed by atoms with Crippen molar-refractivity contribution < 1.29 is 14.3 Å². The predicted octanol–water partition coefficient (Wildman–Crippen LogP) is 3.42. The lowest BCUT2D eigenvalue weighted by Crippen LogP contribution is -2.27. The Balaban J connectivity index is 1.71. The third kappa shape index (κ3) is 5.28. The van der Waals surface area contributed by atoms with Crippen LogP contribution in [0.1, 0.15) is 41.8 Å². The van der Waals surface area contributed by atoms with Crippen LogP contribution in [0, 0.1) is 6.92 Å². The largest absolute Gasteiger partial charge is 0.484 e. The Morgan fingerprint density at radius 2 is 1.77 bits per heavy atom. The van der Waals surface area contributed by atoms with E-state index < -0.39 is 5.91 Å². The van der Waals surface area contributed by atoms with E-state index in [-0.39, 0.29) is 18.3 Å². The molecule has 0 spiro atoms. The van der Waals surface area contributed by atoms with E-state index in [1.54, 1.807) is 43.0 Å². The summed E-state index contributed by atoms with van der Waals surface area (Å²) in [5.41, 5.74) is 2.62. The number of nitrogens with zero attached hydrogens (tertiary/aromatic N) is 4. The van der Waals surface area contributed by atoms with Gasteiger partial charge < -0.3 is 15.0 Å². The molecule has 0 aliphatic rings. The van der Waals surface area contributed by atoms with Crippen LogP contribution in [0.2, 0.25) is 0 Å². The first kappa shape index (κ1) is 22.0. The van der Waals surface area contributed by atoms with E-state index in [2.05, 4.69) is 35.3 Å². The van der Waals surface area contributed by atoms with E-state index >= 15 is 0 Å². The van der Waals surface area contributed by atoms with Crippen LogP contribution in [-0.4, -0.2) is 52.2 Å². The second-order valence-electron chi connectivity index (χ2n) is 7.66. The molecule has 3 aromatic rings. The molecule has 0 unspecified atom stereocenters. The summed E-state index contributed by atoms with van der Waals surface area (Å²) < 4.78 is 7.14. The molecule has 8 nitrogen and oxygen atoms in total. The number of rotatable bonds is 7. The fourth-order valence-electron chi connectivity index (χ4n) is 2.98. The van der Waals surface area contributed by atoms with Gasteiger partial charge >= 0.3 is 0 Å². The van der Waals surface area contributed by atoms with Gasteiger partial charge in [0.2, 0.25) is 5.82 Å². The smallest absolute Gasteiger partial charge is 0.295 e. The molecule has 1 aromatic heterocycles. The summed E-state index contributed by atoms with van der Waals surface area (Å²) in [5.74, 6) is 1.04. The van der Waals surface area contributed by atoms with Gasteiger partial charge in [0.25, 0.3) is 11.8 Å². The molecule has 0 fully saturated rings. The van der Waals surface area contributed by atoms with Crippen molar-refractivity contribution >= 4 is 17.5 Å². The number of hydrogen-bond donors (Lipinski definition) is 1. The predicted molar refractivity (Wildman–Crippen MR) is 119 cm³/mol. The van der Waals surface area contributed by atoms with Gasteiger partial charge in [0.15, 0.2) is 6.61 Å². The Morgan fingerprint density at radius 1 is 1.10 bits per heavy atom. The Labute approximate surface area is 181 Å². The van der Waals surface area contributed by atoms with E-state index in [4.69, 9.17) is 4.74 Å². The molecule has 0 aliphatic carbocycles. The number of benzene rings is 2. The third-order valence-electron chi connectivity index (χ3n) is 4.73. The number of para-hydroxylation sites is 1. The second-order valence-corrected chi connectivity index (χ2v) is 7.66. The molecular weight excluding hydrogens is 394 g/mol. The number of carbonyl (C=O) groups excluding carboxylic acids is 2. The second kappa shape index (κ2) is 9.42. The first-order valence-corrected chi connectivity index (χ1v) is 10.0. The van der Waals surface area contributed by atoms with Crippen molar-refractivity contribution in [3.8, 4) is 11.4 Å². The van der Waals surface area contributed by atoms with Gasteiger partial charge in [-0.2, -0.15) is 0 Å². The van der Waals surface area contributed by atoms with Crippen molar-refractivity contribution in [1.29, 1.82) is 0 Å². The number of likely N-dealkylation sites (N-methyl/N-ethyl adjacent to an activating group) is 1. The maximum Gasteiger partial charge on any atom is 0.295 e. The van der Waals surface area contributed by atoms with Gasteiger partial charge in [-0.1, -0.05) is 32.0 Å². The molecule has 162 valence electrons. The zero-order valence-electron chi connectivity index (χ0n) is 18.4. The average Bonchev–Trinajstić information content (AvgIpc) is 3.14. The van der Waals surface area contributed by atoms with E-state index in [9.17, 15) is 9.59 Å². The monoisotopic (exact) mass is 421 g/mol. The normalized spacial score (nSPS) is 10.8. The highest BCUT2D eigenvalue weighted by molar-refractivity contribution is 6.01. The molecule has 0 saturated heterocycles. The minimum atomic E-state index is -0.402. The van der Waals surface area contributed by atoms with Gasteiger partial charge in [-0.05, 0) is 48.7 Å². The van der Waals surface area contributed by atoms with Crippen molar-refractivity contribution in [3.05, 3.63) is 65.7 Å². The maximum absolute atomic E-state index is 12.7. The van der Waals surface area contributed by atoms with E-state index in [0.29, 0.717) is 23.2 Å². The zero-order chi connectivity index (χ0) is 22.5. The van der Waals surface area contributed by atoms with Crippen LogP contribution in [0.5, 0.6) is 5.75 Å². The summed E-state index contributed by atoms with van der Waals surface area (Å²) in [6.07, 6.45) is 0. The molecule has 0 atom stereocenters. The molecule has 31 heavy (non-hydrogen) atoms. The number of aromatic nitrogens is 3. The van der Waals surface area contributed by atoms with Crippen LogP contribution in [0.3, 0.4) is 0 Å². The van der Waals surface area contributed by atoms with Gasteiger partial charge in [0.05, 0.1) is 5.69 Å². The molecule has 3 rings (SSSR count). The Morgan fingerprint density at radius 3 is 2.42 bits per heavy atom. The number of hydrogen-bond acceptors (Lipinski definition) is 5. The van der Waals surface area contributed by atoms with Gasteiger partial charge in [-0.15, -0.1) is 5.10 Å². The number of aryl methyl sites for hydroxylation is 1. The Bertz CT molecular complexity index is 1070. The summed E-state index contributed by atoms with van der Waals surface area (Å²) in [7, 11) is 3.34. The van der Waals surface area contributed by atoms with Gasteiger partial charge in [-0.25, -0.2) is 9.67 Å². The van der Waals surface area contributed by atoms with E-state index in [0.717, 1.165) is 11.3 Å². The maximum atomic E-state index is 12.7. The molecule has 0 bridgehead atoms. The van der Waals surface area contributed by atoms with Gasteiger partial charge in [0.1, 0.15) is 11.6 Å². The van der Waals surface area contributed by atoms with Crippen LogP contribution in [0.15, 0.2) is 48.5 Å². The highest BCUT2D eigenvalue weighted by Gasteiger charge is 2.18. The fraction of sp³-hybridized carbons (Fsp3) is 0.304. The molecular formula is C23H27N5O3. The first-order chi connectivity index (χ1) is 14.8. The Kier molecular flexibility index (Phi) is 6.69. The lowest BCUT2D eigenvalue weighted by Gasteiger charge is -2.12. The molecule has 0 radical (unpaired) electrons. The molecule has 1 heterocycles. The molecule has 2 aromatic carbocycles. The highest BCUT2D eigenvalue weighted by Crippen LogP contribution is 2.23. The topological polar surface area (TPSA) is 89.3 Å². The summed E-state index contributed by atoms with van der Waals surface area (Å²) >= 11 is 0. The number of nitrogens with one attached hydrogen (secondary N) is 1. The number of ether oxygens (including phenoxy) is 1.